The molecule has 0 saturated heterocycles. The van der Waals surface area contributed by atoms with Gasteiger partial charge in [-0.3, -0.25) is 4.79 Å². The average molecular weight is 283 g/mol. The quantitative estimate of drug-likeness (QED) is 0.370. The number of pyridine rings is 1. The van der Waals surface area contributed by atoms with Crippen LogP contribution in [0.15, 0.2) is 18.2 Å². The summed E-state index contributed by atoms with van der Waals surface area (Å²) in [5.41, 5.74) is 6.65. The van der Waals surface area contributed by atoms with E-state index in [1.54, 1.807) is 6.07 Å². The minimum absolute atomic E-state index is 0.0576. The number of hydrogen-bond acceptors (Lipinski definition) is 5. The van der Waals surface area contributed by atoms with Crippen molar-refractivity contribution in [3.05, 3.63) is 23.4 Å². The Kier molecular flexibility index (Phi) is 4.24. The molecule has 0 spiro atoms. The molecule has 5 N–H and O–H groups in total. The molecule has 0 saturated carbocycles. The molecular formula is C12H15ClN4O2. The van der Waals surface area contributed by atoms with Crippen molar-refractivity contribution >= 4 is 35.2 Å². The molecule has 102 valence electrons. The molecule has 0 radical (unpaired) electrons. The lowest BCUT2D eigenvalue weighted by molar-refractivity contribution is -0.105. The SMILES string of the molecule is Nc1cc(NC2C=CC(CO)C2)c(NC=O)c(Cl)n1. The van der Waals surface area contributed by atoms with Gasteiger partial charge in [-0.2, -0.15) is 0 Å². The molecule has 0 fully saturated rings. The maximum atomic E-state index is 10.6. The van der Waals surface area contributed by atoms with Gasteiger partial charge in [-0.05, 0) is 6.42 Å². The van der Waals surface area contributed by atoms with E-state index in [1.807, 2.05) is 12.2 Å². The first-order valence-electron chi connectivity index (χ1n) is 5.86. The third kappa shape index (κ3) is 3.15. The Morgan fingerprint density at radius 3 is 3.00 bits per heavy atom. The van der Waals surface area contributed by atoms with E-state index in [1.165, 1.54) is 0 Å². The van der Waals surface area contributed by atoms with E-state index in [9.17, 15) is 4.79 Å². The molecule has 6 nitrogen and oxygen atoms in total. The maximum Gasteiger partial charge on any atom is 0.211 e. The fourth-order valence-corrected chi connectivity index (χ4v) is 2.31. The molecule has 19 heavy (non-hydrogen) atoms. The summed E-state index contributed by atoms with van der Waals surface area (Å²) in [6.45, 7) is 0.118. The number of nitrogens with zero attached hydrogens (tertiary/aromatic N) is 1. The van der Waals surface area contributed by atoms with Crippen LogP contribution >= 0.6 is 11.6 Å². The molecule has 2 atom stereocenters. The molecule has 1 aliphatic rings. The van der Waals surface area contributed by atoms with E-state index in [2.05, 4.69) is 15.6 Å². The Labute approximate surface area is 115 Å². The van der Waals surface area contributed by atoms with Crippen molar-refractivity contribution in [1.82, 2.24) is 4.98 Å². The second kappa shape index (κ2) is 5.90. The van der Waals surface area contributed by atoms with Gasteiger partial charge in [0.15, 0.2) is 5.15 Å². The van der Waals surface area contributed by atoms with E-state index in [-0.39, 0.29) is 29.5 Å². The average Bonchev–Trinajstić information content (AvgIpc) is 2.81. The van der Waals surface area contributed by atoms with Crippen LogP contribution in [0.3, 0.4) is 0 Å². The highest BCUT2D eigenvalue weighted by atomic mass is 35.5. The molecule has 1 heterocycles. The van der Waals surface area contributed by atoms with Crippen LogP contribution in [0.4, 0.5) is 17.2 Å². The fourth-order valence-electron chi connectivity index (χ4n) is 2.06. The number of anilines is 3. The Morgan fingerprint density at radius 2 is 2.37 bits per heavy atom. The summed E-state index contributed by atoms with van der Waals surface area (Å²) in [6, 6.07) is 1.67. The zero-order valence-electron chi connectivity index (χ0n) is 10.1. The van der Waals surface area contributed by atoms with Gasteiger partial charge in [0, 0.05) is 24.6 Å². The lowest BCUT2D eigenvalue weighted by Gasteiger charge is -2.17. The Morgan fingerprint density at radius 1 is 1.58 bits per heavy atom. The van der Waals surface area contributed by atoms with Crippen molar-refractivity contribution in [3.63, 3.8) is 0 Å². The monoisotopic (exact) mass is 282 g/mol. The van der Waals surface area contributed by atoms with Gasteiger partial charge in [0.25, 0.3) is 0 Å². The van der Waals surface area contributed by atoms with Crippen LogP contribution in [-0.2, 0) is 4.79 Å². The summed E-state index contributed by atoms with van der Waals surface area (Å²) in [5.74, 6) is 0.416. The van der Waals surface area contributed by atoms with Gasteiger partial charge in [0.2, 0.25) is 6.41 Å². The Bertz CT molecular complexity index is 507. The normalized spacial score (nSPS) is 21.4. The van der Waals surface area contributed by atoms with Crippen molar-refractivity contribution in [1.29, 1.82) is 0 Å². The smallest absolute Gasteiger partial charge is 0.211 e. The molecule has 1 aliphatic carbocycles. The largest absolute Gasteiger partial charge is 0.396 e. The van der Waals surface area contributed by atoms with Gasteiger partial charge < -0.3 is 21.5 Å². The number of carbonyl (C=O) groups is 1. The van der Waals surface area contributed by atoms with Crippen LogP contribution in [0.5, 0.6) is 0 Å². The van der Waals surface area contributed by atoms with Crippen LogP contribution in [-0.4, -0.2) is 29.1 Å². The lowest BCUT2D eigenvalue weighted by Crippen LogP contribution is -2.18. The molecule has 0 bridgehead atoms. The van der Waals surface area contributed by atoms with E-state index < -0.39 is 0 Å². The van der Waals surface area contributed by atoms with Crippen molar-refractivity contribution in [2.24, 2.45) is 5.92 Å². The number of nitrogens with one attached hydrogen (secondary N) is 2. The molecule has 1 aromatic heterocycles. The highest BCUT2D eigenvalue weighted by Gasteiger charge is 2.20. The van der Waals surface area contributed by atoms with Gasteiger partial charge in [-0.15, -0.1) is 0 Å². The van der Waals surface area contributed by atoms with Crippen LogP contribution in [0, 0.1) is 5.92 Å². The lowest BCUT2D eigenvalue weighted by atomic mass is 10.1. The summed E-state index contributed by atoms with van der Waals surface area (Å²) in [7, 11) is 0. The predicted molar refractivity (Wildman–Crippen MR) is 75.1 cm³/mol. The molecule has 1 amide bonds. The van der Waals surface area contributed by atoms with Gasteiger partial charge in [0.1, 0.15) is 11.5 Å². The second-order valence-electron chi connectivity index (χ2n) is 4.34. The third-order valence-electron chi connectivity index (χ3n) is 2.95. The third-order valence-corrected chi connectivity index (χ3v) is 3.22. The maximum absolute atomic E-state index is 10.6. The van der Waals surface area contributed by atoms with E-state index >= 15 is 0 Å². The van der Waals surface area contributed by atoms with Crippen LogP contribution < -0.4 is 16.4 Å². The number of carbonyl (C=O) groups excluding carboxylic acids is 1. The molecule has 2 rings (SSSR count). The van der Waals surface area contributed by atoms with Gasteiger partial charge in [-0.1, -0.05) is 23.8 Å². The van der Waals surface area contributed by atoms with Crippen LogP contribution in [0.25, 0.3) is 0 Å². The molecule has 1 aromatic rings. The van der Waals surface area contributed by atoms with Crippen LogP contribution in [0.1, 0.15) is 6.42 Å². The number of aliphatic hydroxyl groups is 1. The van der Waals surface area contributed by atoms with Crippen molar-refractivity contribution in [2.45, 2.75) is 12.5 Å². The minimum Gasteiger partial charge on any atom is -0.396 e. The van der Waals surface area contributed by atoms with Crippen molar-refractivity contribution in [3.8, 4) is 0 Å². The molecule has 0 aliphatic heterocycles. The summed E-state index contributed by atoms with van der Waals surface area (Å²) >= 11 is 5.94. The summed E-state index contributed by atoms with van der Waals surface area (Å²) in [5, 5.41) is 14.9. The van der Waals surface area contributed by atoms with Crippen LogP contribution in [0.2, 0.25) is 5.15 Å². The molecular weight excluding hydrogens is 268 g/mol. The predicted octanol–water partition coefficient (Wildman–Crippen LogP) is 1.23. The zero-order chi connectivity index (χ0) is 13.8. The topological polar surface area (TPSA) is 100 Å². The Balaban J connectivity index is 2.19. The number of nitrogens with two attached hydrogens (primary N) is 1. The summed E-state index contributed by atoms with van der Waals surface area (Å²) in [6.07, 6.45) is 5.23. The Hall–Kier alpha value is -1.79. The minimum atomic E-state index is 0.0576. The number of nitrogen functional groups attached to an aromatic ring is 1. The molecule has 0 aromatic carbocycles. The first-order chi connectivity index (χ1) is 9.13. The molecule has 2 unspecified atom stereocenters. The number of aromatic nitrogens is 1. The standard InChI is InChI=1S/C12H15ClN4O2/c13-12-11(15-6-19)9(4-10(14)17-12)16-8-2-1-7(3-8)5-18/h1-2,4,6-8,18H,3,5H2,(H,15,19)(H3,14,16,17). The van der Waals surface area contributed by atoms with Crippen molar-refractivity contribution in [2.75, 3.05) is 23.0 Å². The zero-order valence-corrected chi connectivity index (χ0v) is 10.9. The van der Waals surface area contributed by atoms with Gasteiger partial charge in [0.05, 0.1) is 5.69 Å². The number of rotatable bonds is 5. The van der Waals surface area contributed by atoms with E-state index in [0.717, 1.165) is 6.42 Å². The van der Waals surface area contributed by atoms with Crippen molar-refractivity contribution < 1.29 is 9.90 Å². The first-order valence-corrected chi connectivity index (χ1v) is 6.23. The number of hydrogen-bond donors (Lipinski definition) is 4. The van der Waals surface area contributed by atoms with Gasteiger partial charge in [-0.25, -0.2) is 4.98 Å². The first kappa shape index (κ1) is 13.6. The molecule has 7 heteroatoms. The highest BCUT2D eigenvalue weighted by Crippen LogP contribution is 2.32. The van der Waals surface area contributed by atoms with Gasteiger partial charge >= 0.3 is 0 Å². The highest BCUT2D eigenvalue weighted by molar-refractivity contribution is 6.33. The van der Waals surface area contributed by atoms with E-state index in [4.69, 9.17) is 22.4 Å². The number of halogens is 1. The summed E-state index contributed by atoms with van der Waals surface area (Å²) in [4.78, 5) is 14.5. The number of amides is 1. The fraction of sp³-hybridized carbons (Fsp3) is 0.333. The second-order valence-corrected chi connectivity index (χ2v) is 4.69. The van der Waals surface area contributed by atoms with E-state index in [0.29, 0.717) is 17.8 Å². The number of aliphatic hydroxyl groups excluding tert-OH is 1. The summed E-state index contributed by atoms with van der Waals surface area (Å²) < 4.78 is 0.